The molecule has 0 radical (unpaired) electrons. The highest BCUT2D eigenvalue weighted by Gasteiger charge is 2.27. The molecule has 0 aliphatic carbocycles. The number of rotatable bonds is 7. The third kappa shape index (κ3) is 3.64. The molecule has 2 rings (SSSR count). The van der Waals surface area contributed by atoms with Gasteiger partial charge in [-0.3, -0.25) is 13.9 Å². The predicted molar refractivity (Wildman–Crippen MR) is 94.8 cm³/mol. The molecule has 0 unspecified atom stereocenters. The Kier molecular flexibility index (Phi) is 5.44. The van der Waals surface area contributed by atoms with E-state index in [1.165, 1.54) is 16.2 Å². The Morgan fingerprint density at radius 3 is 2.04 bits per heavy atom. The maximum atomic E-state index is 12.8. The summed E-state index contributed by atoms with van der Waals surface area (Å²) in [7, 11) is 1.43. The molecule has 2 aromatic rings. The van der Waals surface area contributed by atoms with Crippen molar-refractivity contribution in [1.29, 1.82) is 0 Å². The zero-order valence-corrected chi connectivity index (χ0v) is 15.4. The van der Waals surface area contributed by atoms with Gasteiger partial charge in [-0.1, -0.05) is 27.7 Å². The van der Waals surface area contributed by atoms with Crippen LogP contribution in [-0.4, -0.2) is 23.6 Å². The Morgan fingerprint density at radius 2 is 1.56 bits per heavy atom. The minimum Gasteiger partial charge on any atom is -0.390 e. The topological polar surface area (TPSA) is 105 Å². The largest absolute Gasteiger partial charge is 0.437 e. The zero-order valence-electron chi connectivity index (χ0n) is 15.4. The van der Waals surface area contributed by atoms with Crippen LogP contribution >= 0.6 is 0 Å². The number of hydrogen-bond acceptors (Lipinski definition) is 5. The van der Waals surface area contributed by atoms with Gasteiger partial charge in [0.25, 0.3) is 11.2 Å². The van der Waals surface area contributed by atoms with Crippen molar-refractivity contribution >= 4 is 17.1 Å². The third-order valence-electron chi connectivity index (χ3n) is 4.24. The number of fused-ring (bicyclic) bond motifs is 1. The summed E-state index contributed by atoms with van der Waals surface area (Å²) in [5.41, 5.74) is -0.791. The van der Waals surface area contributed by atoms with Crippen LogP contribution in [0.1, 0.15) is 40.5 Å². The second kappa shape index (κ2) is 7.20. The van der Waals surface area contributed by atoms with Crippen LogP contribution in [-0.2, 0) is 20.1 Å². The molecule has 25 heavy (non-hydrogen) atoms. The van der Waals surface area contributed by atoms with E-state index in [4.69, 9.17) is 0 Å². The molecule has 0 saturated heterocycles. The van der Waals surface area contributed by atoms with E-state index in [1.54, 1.807) is 0 Å². The maximum Gasteiger partial charge on any atom is 0.437 e. The van der Waals surface area contributed by atoms with Crippen molar-refractivity contribution < 1.29 is 4.92 Å². The van der Waals surface area contributed by atoms with E-state index < -0.39 is 22.1 Å². The van der Waals surface area contributed by atoms with Gasteiger partial charge in [0.05, 0.1) is 7.05 Å². The van der Waals surface area contributed by atoms with Crippen molar-refractivity contribution in [3.8, 4) is 0 Å². The minimum absolute atomic E-state index is 0.0886. The minimum atomic E-state index is -0.644. The summed E-state index contributed by atoms with van der Waals surface area (Å²) < 4.78 is 3.73. The summed E-state index contributed by atoms with van der Waals surface area (Å²) >= 11 is 0. The second-order valence-corrected chi connectivity index (χ2v) is 7.16. The number of imidazole rings is 1. The average molecular weight is 351 g/mol. The first-order chi connectivity index (χ1) is 11.6. The molecule has 0 fully saturated rings. The van der Waals surface area contributed by atoms with Gasteiger partial charge in [-0.05, 0) is 34.6 Å². The van der Waals surface area contributed by atoms with E-state index >= 15 is 0 Å². The van der Waals surface area contributed by atoms with Crippen molar-refractivity contribution in [2.75, 3.05) is 0 Å². The van der Waals surface area contributed by atoms with Gasteiger partial charge in [-0.2, -0.15) is 0 Å². The molecule has 138 valence electrons. The number of nitro groups is 1. The van der Waals surface area contributed by atoms with Crippen LogP contribution in [0, 0.1) is 22.0 Å². The van der Waals surface area contributed by atoms with E-state index in [2.05, 4.69) is 4.98 Å². The molecule has 2 aromatic heterocycles. The molecule has 9 heteroatoms. The van der Waals surface area contributed by atoms with Gasteiger partial charge >= 0.3 is 11.6 Å². The molecule has 0 spiro atoms. The molecule has 0 aliphatic heterocycles. The van der Waals surface area contributed by atoms with Crippen LogP contribution in [0.3, 0.4) is 0 Å². The number of aryl methyl sites for hydroxylation is 2. The second-order valence-electron chi connectivity index (χ2n) is 7.16. The lowest BCUT2D eigenvalue weighted by Gasteiger charge is -2.12. The summed E-state index contributed by atoms with van der Waals surface area (Å²) in [4.78, 5) is 40.1. The number of aromatic nitrogens is 4. The van der Waals surface area contributed by atoms with Gasteiger partial charge in [0.2, 0.25) is 5.52 Å². The fourth-order valence-corrected chi connectivity index (χ4v) is 2.69. The van der Waals surface area contributed by atoms with E-state index in [-0.39, 0.29) is 17.7 Å². The molecular formula is C16H25N5O4. The first kappa shape index (κ1) is 18.9. The number of hydrogen-bond donors (Lipinski definition) is 0. The molecule has 0 N–H and O–H groups in total. The number of nitrogens with zero attached hydrogens (tertiary/aromatic N) is 5. The lowest BCUT2D eigenvalue weighted by atomic mass is 10.1. The Balaban J connectivity index is 2.77. The van der Waals surface area contributed by atoms with Crippen molar-refractivity contribution in [2.24, 2.45) is 18.9 Å². The normalized spacial score (nSPS) is 11.8. The average Bonchev–Trinajstić information content (AvgIpc) is 2.84. The maximum absolute atomic E-state index is 12.8. The van der Waals surface area contributed by atoms with E-state index in [1.807, 2.05) is 27.7 Å². The summed E-state index contributed by atoms with van der Waals surface area (Å²) in [5, 5.41) is 11.2. The standard InChI is InChI=1S/C16H25N5O4/c1-10(2)6-8-19-13-12(18(5)15(17-13)21(24)25)14(22)20(16(19)23)9-7-11(3)4/h10-11H,6-9H2,1-5H3. The molecule has 0 aromatic carbocycles. The van der Waals surface area contributed by atoms with Gasteiger partial charge < -0.3 is 10.1 Å². The summed E-state index contributed by atoms with van der Waals surface area (Å²) in [6.45, 7) is 8.72. The van der Waals surface area contributed by atoms with E-state index in [9.17, 15) is 19.7 Å². The van der Waals surface area contributed by atoms with Crippen LogP contribution in [0.25, 0.3) is 11.2 Å². The van der Waals surface area contributed by atoms with Gasteiger partial charge in [-0.15, -0.1) is 0 Å². The predicted octanol–water partition coefficient (Wildman–Crippen LogP) is 1.90. The molecule has 0 aliphatic rings. The van der Waals surface area contributed by atoms with Crippen molar-refractivity contribution in [2.45, 2.75) is 53.6 Å². The highest BCUT2D eigenvalue weighted by Crippen LogP contribution is 2.17. The SMILES string of the molecule is CC(C)CCn1c(=O)c2c(nc([N+](=O)[O-])n2C)n(CCC(C)C)c1=O. The first-order valence-corrected chi connectivity index (χ1v) is 8.49. The Morgan fingerprint density at radius 1 is 1.04 bits per heavy atom. The summed E-state index contributed by atoms with van der Waals surface area (Å²) in [6, 6.07) is 0. The lowest BCUT2D eigenvalue weighted by molar-refractivity contribution is -0.396. The highest BCUT2D eigenvalue weighted by atomic mass is 16.6. The molecule has 0 bridgehead atoms. The summed E-state index contributed by atoms with van der Waals surface area (Å²) in [6.07, 6.45) is 1.38. The Hall–Kier alpha value is -2.45. The van der Waals surface area contributed by atoms with Crippen molar-refractivity contribution in [3.05, 3.63) is 31.0 Å². The smallest absolute Gasteiger partial charge is 0.390 e. The van der Waals surface area contributed by atoms with Crippen LogP contribution in [0.2, 0.25) is 0 Å². The van der Waals surface area contributed by atoms with Gasteiger partial charge in [0.15, 0.2) is 0 Å². The third-order valence-corrected chi connectivity index (χ3v) is 4.24. The van der Waals surface area contributed by atoms with Crippen LogP contribution in [0.15, 0.2) is 9.59 Å². The Bertz CT molecular complexity index is 904. The zero-order chi connectivity index (χ0) is 18.9. The first-order valence-electron chi connectivity index (χ1n) is 8.49. The monoisotopic (exact) mass is 351 g/mol. The quantitative estimate of drug-likeness (QED) is 0.559. The van der Waals surface area contributed by atoms with E-state index in [0.29, 0.717) is 31.2 Å². The van der Waals surface area contributed by atoms with Crippen LogP contribution in [0.4, 0.5) is 5.95 Å². The molecule has 9 nitrogen and oxygen atoms in total. The highest BCUT2D eigenvalue weighted by molar-refractivity contribution is 5.72. The van der Waals surface area contributed by atoms with E-state index in [0.717, 1.165) is 4.57 Å². The lowest BCUT2D eigenvalue weighted by Crippen LogP contribution is -2.41. The van der Waals surface area contributed by atoms with Crippen molar-refractivity contribution in [3.63, 3.8) is 0 Å². The van der Waals surface area contributed by atoms with Crippen LogP contribution in [0.5, 0.6) is 0 Å². The van der Waals surface area contributed by atoms with Gasteiger partial charge in [-0.25, -0.2) is 9.36 Å². The molecule has 0 amide bonds. The van der Waals surface area contributed by atoms with Crippen LogP contribution < -0.4 is 11.2 Å². The van der Waals surface area contributed by atoms with Gasteiger partial charge in [0.1, 0.15) is 0 Å². The molecule has 0 atom stereocenters. The molecular weight excluding hydrogens is 326 g/mol. The van der Waals surface area contributed by atoms with Crippen molar-refractivity contribution in [1.82, 2.24) is 18.7 Å². The fraction of sp³-hybridized carbons (Fsp3) is 0.688. The fourth-order valence-electron chi connectivity index (χ4n) is 2.69. The summed E-state index contributed by atoms with van der Waals surface area (Å²) in [5.74, 6) is 0.232. The molecule has 2 heterocycles. The van der Waals surface area contributed by atoms with Gasteiger partial charge in [0, 0.05) is 13.1 Å². The Labute approximate surface area is 145 Å². The molecule has 0 saturated carbocycles.